The van der Waals surface area contributed by atoms with E-state index in [-0.39, 0.29) is 5.54 Å². The third kappa shape index (κ3) is 2.58. The van der Waals surface area contributed by atoms with Crippen molar-refractivity contribution in [3.63, 3.8) is 0 Å². The SMILES string of the molecule is Cn1nccc1CCC1(N)CCOCC1. The largest absolute Gasteiger partial charge is 0.381 e. The Balaban J connectivity index is 1.89. The first kappa shape index (κ1) is 10.6. The van der Waals surface area contributed by atoms with Gasteiger partial charge >= 0.3 is 0 Å². The molecule has 4 nitrogen and oxygen atoms in total. The summed E-state index contributed by atoms with van der Waals surface area (Å²) in [5.41, 5.74) is 7.55. The van der Waals surface area contributed by atoms with Crippen molar-refractivity contribution in [3.8, 4) is 0 Å². The van der Waals surface area contributed by atoms with Gasteiger partial charge in [-0.25, -0.2) is 0 Å². The molecule has 1 aliphatic rings. The highest BCUT2D eigenvalue weighted by atomic mass is 16.5. The standard InChI is InChI=1S/C11H19N3O/c1-14-10(3-7-13-14)2-4-11(12)5-8-15-9-6-11/h3,7H,2,4-6,8-9,12H2,1H3. The second-order valence-corrected chi connectivity index (χ2v) is 4.42. The first-order chi connectivity index (χ1) is 7.20. The molecule has 0 atom stereocenters. The van der Waals surface area contributed by atoms with Crippen molar-refractivity contribution in [2.75, 3.05) is 13.2 Å². The maximum atomic E-state index is 6.32. The number of ether oxygens (including phenoxy) is 1. The number of aryl methyl sites for hydroxylation is 2. The van der Waals surface area contributed by atoms with Gasteiger partial charge in [0.05, 0.1) is 0 Å². The second kappa shape index (κ2) is 4.33. The summed E-state index contributed by atoms with van der Waals surface area (Å²) in [5.74, 6) is 0. The lowest BCUT2D eigenvalue weighted by atomic mass is 9.86. The second-order valence-electron chi connectivity index (χ2n) is 4.42. The number of nitrogens with two attached hydrogens (primary N) is 1. The quantitative estimate of drug-likeness (QED) is 0.803. The molecular weight excluding hydrogens is 190 g/mol. The molecule has 4 heteroatoms. The van der Waals surface area contributed by atoms with E-state index in [4.69, 9.17) is 10.5 Å². The van der Waals surface area contributed by atoms with Gasteiger partial charge in [-0.15, -0.1) is 0 Å². The smallest absolute Gasteiger partial charge is 0.0492 e. The zero-order valence-electron chi connectivity index (χ0n) is 9.28. The summed E-state index contributed by atoms with van der Waals surface area (Å²) < 4.78 is 7.25. The fourth-order valence-corrected chi connectivity index (χ4v) is 2.05. The van der Waals surface area contributed by atoms with E-state index in [9.17, 15) is 0 Å². The van der Waals surface area contributed by atoms with Crippen molar-refractivity contribution >= 4 is 0 Å². The molecule has 0 radical (unpaired) electrons. The first-order valence-electron chi connectivity index (χ1n) is 5.53. The lowest BCUT2D eigenvalue weighted by Gasteiger charge is -2.33. The van der Waals surface area contributed by atoms with Crippen molar-refractivity contribution in [2.45, 2.75) is 31.2 Å². The van der Waals surface area contributed by atoms with Crippen LogP contribution in [0.5, 0.6) is 0 Å². The summed E-state index contributed by atoms with van der Waals surface area (Å²) in [4.78, 5) is 0. The molecule has 0 spiro atoms. The molecule has 1 aromatic heterocycles. The Hall–Kier alpha value is -0.870. The number of nitrogens with zero attached hydrogens (tertiary/aromatic N) is 2. The molecule has 1 saturated heterocycles. The van der Waals surface area contributed by atoms with Gasteiger partial charge in [-0.3, -0.25) is 4.68 Å². The minimum atomic E-state index is -0.0253. The van der Waals surface area contributed by atoms with Crippen LogP contribution < -0.4 is 5.73 Å². The van der Waals surface area contributed by atoms with Crippen LogP contribution in [0.4, 0.5) is 0 Å². The molecule has 84 valence electrons. The Morgan fingerprint density at radius 3 is 2.87 bits per heavy atom. The van der Waals surface area contributed by atoms with Crippen molar-refractivity contribution in [3.05, 3.63) is 18.0 Å². The van der Waals surface area contributed by atoms with Crippen LogP contribution in [-0.2, 0) is 18.2 Å². The van der Waals surface area contributed by atoms with Gasteiger partial charge < -0.3 is 10.5 Å². The van der Waals surface area contributed by atoms with Crippen molar-refractivity contribution in [1.82, 2.24) is 9.78 Å². The number of hydrogen-bond acceptors (Lipinski definition) is 3. The van der Waals surface area contributed by atoms with Gasteiger partial charge in [-0.05, 0) is 31.7 Å². The van der Waals surface area contributed by atoms with E-state index < -0.39 is 0 Å². The van der Waals surface area contributed by atoms with Crippen molar-refractivity contribution in [1.29, 1.82) is 0 Å². The average molecular weight is 209 g/mol. The van der Waals surface area contributed by atoms with E-state index in [0.29, 0.717) is 0 Å². The Bertz CT molecular complexity index is 315. The predicted octanol–water partition coefficient (Wildman–Crippen LogP) is 0.861. The Morgan fingerprint density at radius 2 is 2.27 bits per heavy atom. The molecule has 2 heterocycles. The minimum Gasteiger partial charge on any atom is -0.381 e. The molecule has 1 aromatic rings. The van der Waals surface area contributed by atoms with Gasteiger partial charge in [0.25, 0.3) is 0 Å². The van der Waals surface area contributed by atoms with Crippen LogP contribution in [0.2, 0.25) is 0 Å². The van der Waals surface area contributed by atoms with Crippen LogP contribution >= 0.6 is 0 Å². The maximum absolute atomic E-state index is 6.32. The van der Waals surface area contributed by atoms with E-state index in [1.807, 2.05) is 17.9 Å². The van der Waals surface area contributed by atoms with Gasteiger partial charge in [-0.1, -0.05) is 0 Å². The van der Waals surface area contributed by atoms with Crippen LogP contribution in [-0.4, -0.2) is 28.5 Å². The van der Waals surface area contributed by atoms with Crippen molar-refractivity contribution in [2.24, 2.45) is 12.8 Å². The minimum absolute atomic E-state index is 0.0253. The van der Waals surface area contributed by atoms with Gasteiger partial charge in [0.2, 0.25) is 0 Å². The fraction of sp³-hybridized carbons (Fsp3) is 0.727. The lowest BCUT2D eigenvalue weighted by molar-refractivity contribution is 0.0502. The first-order valence-corrected chi connectivity index (χ1v) is 5.53. The highest BCUT2D eigenvalue weighted by Gasteiger charge is 2.27. The van der Waals surface area contributed by atoms with Gasteiger partial charge in [0, 0.05) is 37.7 Å². The van der Waals surface area contributed by atoms with E-state index in [2.05, 4.69) is 11.2 Å². The number of aromatic nitrogens is 2. The normalized spacial score (nSPS) is 20.4. The number of rotatable bonds is 3. The number of hydrogen-bond donors (Lipinski definition) is 1. The summed E-state index contributed by atoms with van der Waals surface area (Å²) in [6.45, 7) is 1.61. The van der Waals surface area contributed by atoms with Crippen LogP contribution in [0.15, 0.2) is 12.3 Å². The van der Waals surface area contributed by atoms with Gasteiger partial charge in [-0.2, -0.15) is 5.10 Å². The fourth-order valence-electron chi connectivity index (χ4n) is 2.05. The van der Waals surface area contributed by atoms with Crippen LogP contribution in [0.1, 0.15) is 25.0 Å². The molecule has 1 aliphatic heterocycles. The van der Waals surface area contributed by atoms with Crippen LogP contribution in [0.25, 0.3) is 0 Å². The summed E-state index contributed by atoms with van der Waals surface area (Å²) >= 11 is 0. The molecule has 0 aliphatic carbocycles. The highest BCUT2D eigenvalue weighted by molar-refractivity contribution is 5.02. The van der Waals surface area contributed by atoms with E-state index in [0.717, 1.165) is 38.9 Å². The molecule has 2 N–H and O–H groups in total. The molecule has 0 amide bonds. The zero-order chi connectivity index (χ0) is 10.7. The summed E-state index contributed by atoms with van der Waals surface area (Å²) in [7, 11) is 1.97. The molecule has 2 rings (SSSR count). The highest BCUT2D eigenvalue weighted by Crippen LogP contribution is 2.23. The Morgan fingerprint density at radius 1 is 1.53 bits per heavy atom. The summed E-state index contributed by atoms with van der Waals surface area (Å²) in [5, 5.41) is 4.15. The van der Waals surface area contributed by atoms with Crippen LogP contribution in [0.3, 0.4) is 0 Å². The Kier molecular flexibility index (Phi) is 3.07. The molecule has 15 heavy (non-hydrogen) atoms. The summed E-state index contributed by atoms with van der Waals surface area (Å²) in [6.07, 6.45) is 5.82. The predicted molar refractivity (Wildman–Crippen MR) is 58.5 cm³/mol. The molecule has 0 aromatic carbocycles. The lowest BCUT2D eigenvalue weighted by Crippen LogP contribution is -2.45. The third-order valence-corrected chi connectivity index (χ3v) is 3.29. The Labute approximate surface area is 90.4 Å². The average Bonchev–Trinajstić information content (AvgIpc) is 2.62. The van der Waals surface area contributed by atoms with E-state index in [1.165, 1.54) is 5.69 Å². The van der Waals surface area contributed by atoms with Crippen molar-refractivity contribution < 1.29 is 4.74 Å². The monoisotopic (exact) mass is 209 g/mol. The van der Waals surface area contributed by atoms with Gasteiger partial charge in [0.1, 0.15) is 0 Å². The van der Waals surface area contributed by atoms with E-state index >= 15 is 0 Å². The van der Waals surface area contributed by atoms with E-state index in [1.54, 1.807) is 0 Å². The molecule has 0 unspecified atom stereocenters. The van der Waals surface area contributed by atoms with Gasteiger partial charge in [0.15, 0.2) is 0 Å². The topological polar surface area (TPSA) is 53.1 Å². The summed E-state index contributed by atoms with van der Waals surface area (Å²) in [6, 6.07) is 2.06. The molecule has 1 fully saturated rings. The zero-order valence-corrected chi connectivity index (χ0v) is 9.28. The maximum Gasteiger partial charge on any atom is 0.0492 e. The molecular formula is C11H19N3O. The third-order valence-electron chi connectivity index (χ3n) is 3.29. The molecule has 0 saturated carbocycles. The van der Waals surface area contributed by atoms with Crippen LogP contribution in [0, 0.1) is 0 Å². The molecule has 0 bridgehead atoms.